The SMILES string of the molecule is COc1cccc(C(=O)Oc2ccccc2/C=C/C(=O)c2ccc(Br)cc2)c1. The van der Waals surface area contributed by atoms with Crippen molar-refractivity contribution >= 4 is 33.8 Å². The van der Waals surface area contributed by atoms with Crippen LogP contribution in [-0.2, 0) is 0 Å². The van der Waals surface area contributed by atoms with E-state index in [-0.39, 0.29) is 5.78 Å². The summed E-state index contributed by atoms with van der Waals surface area (Å²) in [5, 5.41) is 0. The van der Waals surface area contributed by atoms with Gasteiger partial charge in [-0.15, -0.1) is 0 Å². The van der Waals surface area contributed by atoms with Crippen LogP contribution in [0.5, 0.6) is 11.5 Å². The van der Waals surface area contributed by atoms with Crippen LogP contribution in [0.25, 0.3) is 6.08 Å². The van der Waals surface area contributed by atoms with Crippen LogP contribution in [0.15, 0.2) is 83.3 Å². The molecule has 3 aromatic carbocycles. The van der Waals surface area contributed by atoms with Crippen LogP contribution in [0.4, 0.5) is 0 Å². The molecule has 3 rings (SSSR count). The lowest BCUT2D eigenvalue weighted by Crippen LogP contribution is -2.09. The molecule has 0 atom stereocenters. The first kappa shape index (κ1) is 19.6. The molecule has 5 heteroatoms. The number of allylic oxidation sites excluding steroid dienone is 1. The molecule has 0 amide bonds. The zero-order chi connectivity index (χ0) is 19.9. The average Bonchev–Trinajstić information content (AvgIpc) is 2.73. The maximum absolute atomic E-state index is 12.5. The third-order valence-corrected chi connectivity index (χ3v) is 4.50. The summed E-state index contributed by atoms with van der Waals surface area (Å²) in [7, 11) is 1.53. The second kappa shape index (κ2) is 9.15. The number of carbonyl (C=O) groups excluding carboxylic acids is 2. The Morgan fingerprint density at radius 3 is 2.39 bits per heavy atom. The molecule has 4 nitrogen and oxygen atoms in total. The van der Waals surface area contributed by atoms with Gasteiger partial charge >= 0.3 is 5.97 Å². The topological polar surface area (TPSA) is 52.6 Å². The number of rotatable bonds is 6. The lowest BCUT2D eigenvalue weighted by molar-refractivity contribution is 0.0734. The van der Waals surface area contributed by atoms with E-state index in [9.17, 15) is 9.59 Å². The molecule has 0 bridgehead atoms. The number of ether oxygens (including phenoxy) is 2. The molecule has 0 aliphatic carbocycles. The van der Waals surface area contributed by atoms with Crippen LogP contribution in [0, 0.1) is 0 Å². The van der Waals surface area contributed by atoms with Crippen molar-refractivity contribution in [2.45, 2.75) is 0 Å². The summed E-state index contributed by atoms with van der Waals surface area (Å²) < 4.78 is 11.6. The van der Waals surface area contributed by atoms with Crippen molar-refractivity contribution in [3.8, 4) is 11.5 Å². The highest BCUT2D eigenvalue weighted by Gasteiger charge is 2.12. The van der Waals surface area contributed by atoms with Crippen molar-refractivity contribution in [3.63, 3.8) is 0 Å². The summed E-state index contributed by atoms with van der Waals surface area (Å²) >= 11 is 3.35. The van der Waals surface area contributed by atoms with Gasteiger partial charge in [0.2, 0.25) is 0 Å². The molecular formula is C23H17BrO4. The Kier molecular flexibility index (Phi) is 6.40. The van der Waals surface area contributed by atoms with Crippen molar-refractivity contribution in [1.29, 1.82) is 0 Å². The van der Waals surface area contributed by atoms with Gasteiger partial charge in [-0.25, -0.2) is 4.79 Å². The highest BCUT2D eigenvalue weighted by atomic mass is 79.9. The zero-order valence-corrected chi connectivity index (χ0v) is 16.7. The average molecular weight is 437 g/mol. The second-order valence-corrected chi connectivity index (χ2v) is 6.78. The van der Waals surface area contributed by atoms with E-state index >= 15 is 0 Å². The Morgan fingerprint density at radius 2 is 1.64 bits per heavy atom. The molecule has 0 aromatic heterocycles. The van der Waals surface area contributed by atoms with Crippen LogP contribution in [-0.4, -0.2) is 18.9 Å². The second-order valence-electron chi connectivity index (χ2n) is 5.86. The molecule has 0 radical (unpaired) electrons. The first-order valence-corrected chi connectivity index (χ1v) is 9.29. The Bertz CT molecular complexity index is 1020. The van der Waals surface area contributed by atoms with Crippen molar-refractivity contribution in [1.82, 2.24) is 0 Å². The number of benzene rings is 3. The number of halogens is 1. The Balaban J connectivity index is 1.78. The lowest BCUT2D eigenvalue weighted by atomic mass is 10.1. The first-order chi connectivity index (χ1) is 13.6. The van der Waals surface area contributed by atoms with E-state index < -0.39 is 5.97 Å². The molecule has 0 N–H and O–H groups in total. The molecule has 140 valence electrons. The van der Waals surface area contributed by atoms with E-state index in [0.717, 1.165) is 4.47 Å². The Morgan fingerprint density at radius 1 is 0.893 bits per heavy atom. The smallest absolute Gasteiger partial charge is 0.343 e. The van der Waals surface area contributed by atoms with Crippen LogP contribution < -0.4 is 9.47 Å². The molecular weight excluding hydrogens is 420 g/mol. The maximum Gasteiger partial charge on any atom is 0.343 e. The molecule has 0 saturated carbocycles. The lowest BCUT2D eigenvalue weighted by Gasteiger charge is -2.08. The summed E-state index contributed by atoms with van der Waals surface area (Å²) in [6, 6.07) is 20.9. The normalized spacial score (nSPS) is 10.6. The highest BCUT2D eigenvalue weighted by Crippen LogP contribution is 2.22. The van der Waals surface area contributed by atoms with Crippen molar-refractivity contribution < 1.29 is 19.1 Å². The number of esters is 1. The molecule has 28 heavy (non-hydrogen) atoms. The minimum atomic E-state index is -0.501. The Labute approximate surface area is 171 Å². The van der Waals surface area contributed by atoms with Gasteiger partial charge in [-0.1, -0.05) is 40.2 Å². The van der Waals surface area contributed by atoms with Gasteiger partial charge in [-0.05, 0) is 60.7 Å². The Hall–Kier alpha value is -3.18. The van der Waals surface area contributed by atoms with Gasteiger partial charge in [0.25, 0.3) is 0 Å². The van der Waals surface area contributed by atoms with E-state index in [1.165, 1.54) is 13.2 Å². The minimum Gasteiger partial charge on any atom is -0.497 e. The fourth-order valence-corrected chi connectivity index (χ4v) is 2.76. The molecule has 0 heterocycles. The largest absolute Gasteiger partial charge is 0.497 e. The molecule has 0 spiro atoms. The third-order valence-electron chi connectivity index (χ3n) is 3.97. The van der Waals surface area contributed by atoms with Crippen LogP contribution in [0.3, 0.4) is 0 Å². The summed E-state index contributed by atoms with van der Waals surface area (Å²) in [5.74, 6) is 0.304. The summed E-state index contributed by atoms with van der Waals surface area (Å²) in [6.45, 7) is 0. The molecule has 0 saturated heterocycles. The van der Waals surface area contributed by atoms with E-state index in [4.69, 9.17) is 9.47 Å². The van der Waals surface area contributed by atoms with Crippen molar-refractivity contribution in [3.05, 3.63) is 100 Å². The van der Waals surface area contributed by atoms with Gasteiger partial charge in [0.15, 0.2) is 5.78 Å². The molecule has 0 aliphatic heterocycles. The zero-order valence-electron chi connectivity index (χ0n) is 15.1. The van der Waals surface area contributed by atoms with Gasteiger partial charge in [0.1, 0.15) is 11.5 Å². The fourth-order valence-electron chi connectivity index (χ4n) is 2.50. The molecule has 0 fully saturated rings. The van der Waals surface area contributed by atoms with E-state index in [0.29, 0.717) is 28.2 Å². The van der Waals surface area contributed by atoms with E-state index in [2.05, 4.69) is 15.9 Å². The summed E-state index contributed by atoms with van der Waals surface area (Å²) in [4.78, 5) is 24.8. The maximum atomic E-state index is 12.5. The number of carbonyl (C=O) groups is 2. The summed E-state index contributed by atoms with van der Waals surface area (Å²) in [6.07, 6.45) is 3.10. The predicted octanol–water partition coefficient (Wildman–Crippen LogP) is 5.57. The van der Waals surface area contributed by atoms with Gasteiger partial charge in [0.05, 0.1) is 12.7 Å². The quantitative estimate of drug-likeness (QED) is 0.219. The van der Waals surface area contributed by atoms with E-state index in [1.54, 1.807) is 60.7 Å². The number of ketones is 1. The van der Waals surface area contributed by atoms with Gasteiger partial charge < -0.3 is 9.47 Å². The van der Waals surface area contributed by atoms with Gasteiger partial charge in [-0.2, -0.15) is 0 Å². The monoisotopic (exact) mass is 436 g/mol. The van der Waals surface area contributed by atoms with Gasteiger partial charge in [0, 0.05) is 15.6 Å². The van der Waals surface area contributed by atoms with Gasteiger partial charge in [-0.3, -0.25) is 4.79 Å². The predicted molar refractivity (Wildman–Crippen MR) is 112 cm³/mol. The highest BCUT2D eigenvalue weighted by molar-refractivity contribution is 9.10. The van der Waals surface area contributed by atoms with Crippen molar-refractivity contribution in [2.24, 2.45) is 0 Å². The van der Waals surface area contributed by atoms with E-state index in [1.807, 2.05) is 18.2 Å². The fraction of sp³-hybridized carbons (Fsp3) is 0.0435. The number of hydrogen-bond acceptors (Lipinski definition) is 4. The van der Waals surface area contributed by atoms with Crippen LogP contribution in [0.2, 0.25) is 0 Å². The third kappa shape index (κ3) is 4.96. The number of methoxy groups -OCH3 is 1. The molecule has 3 aromatic rings. The first-order valence-electron chi connectivity index (χ1n) is 8.50. The van der Waals surface area contributed by atoms with Crippen molar-refractivity contribution in [2.75, 3.05) is 7.11 Å². The number of para-hydroxylation sites is 1. The summed E-state index contributed by atoms with van der Waals surface area (Å²) in [5.41, 5.74) is 1.58. The number of hydrogen-bond donors (Lipinski definition) is 0. The van der Waals surface area contributed by atoms with Crippen LogP contribution >= 0.6 is 15.9 Å². The molecule has 0 unspecified atom stereocenters. The molecule has 0 aliphatic rings. The minimum absolute atomic E-state index is 0.138. The standard InChI is InChI=1S/C23H17BrO4/c1-27-20-7-4-6-18(15-20)23(26)28-22-8-3-2-5-17(22)11-14-21(25)16-9-12-19(24)13-10-16/h2-15H,1H3/b14-11+. The van der Waals surface area contributed by atoms with Crippen LogP contribution in [0.1, 0.15) is 26.3 Å².